The van der Waals surface area contributed by atoms with Crippen LogP contribution in [-0.2, 0) is 30.8 Å². The summed E-state index contributed by atoms with van der Waals surface area (Å²) in [6.45, 7) is 12.8. The summed E-state index contributed by atoms with van der Waals surface area (Å²) in [6, 6.07) is 16.6. The van der Waals surface area contributed by atoms with E-state index in [0.717, 1.165) is 16.8 Å². The lowest BCUT2D eigenvalue weighted by atomic mass is 9.71. The molecule has 3 amide bonds. The highest BCUT2D eigenvalue weighted by Gasteiger charge is 2.65. The van der Waals surface area contributed by atoms with Gasteiger partial charge >= 0.3 is 12.0 Å². The summed E-state index contributed by atoms with van der Waals surface area (Å²) in [5.41, 5.74) is 5.89. The summed E-state index contributed by atoms with van der Waals surface area (Å²) in [5.74, 6) is -0.730. The highest BCUT2D eigenvalue weighted by Crippen LogP contribution is 2.56. The van der Waals surface area contributed by atoms with Gasteiger partial charge in [-0.15, -0.1) is 0 Å². The second-order valence-electron chi connectivity index (χ2n) is 14.3. The van der Waals surface area contributed by atoms with Gasteiger partial charge in [0.05, 0.1) is 18.1 Å². The van der Waals surface area contributed by atoms with Crippen molar-refractivity contribution in [2.75, 3.05) is 26.3 Å². The zero-order valence-electron chi connectivity index (χ0n) is 28.5. The molecule has 0 spiro atoms. The lowest BCUT2D eigenvalue weighted by Crippen LogP contribution is -2.58. The molecule has 2 aliphatic heterocycles. The van der Waals surface area contributed by atoms with Gasteiger partial charge in [0.25, 0.3) is 5.91 Å². The fraction of sp³-hybridized carbons (Fsp3) is 0.432. The number of aliphatic imine (C=N–C) groups is 1. The third-order valence-corrected chi connectivity index (χ3v) is 10.7. The molecule has 0 bridgehead atoms. The number of nitrogens with zero attached hydrogens (tertiary/aromatic N) is 4. The third-order valence-electron chi connectivity index (χ3n) is 10.2. The average Bonchev–Trinajstić information content (AvgIpc) is 3.43. The molecule has 12 heteroatoms. The van der Waals surface area contributed by atoms with E-state index in [4.69, 9.17) is 48.4 Å². The molecule has 5 atom stereocenters. The minimum atomic E-state index is -1.09. The molecule has 1 unspecified atom stereocenters. The normalized spacial score (nSPS) is 25.9. The molecule has 2 N–H and O–H groups in total. The number of esters is 1. The third kappa shape index (κ3) is 6.03. The fourth-order valence-corrected chi connectivity index (χ4v) is 7.52. The molecule has 1 saturated carbocycles. The Morgan fingerprint density at radius 2 is 1.53 bits per heavy atom. The quantitative estimate of drug-likeness (QED) is 0.274. The van der Waals surface area contributed by atoms with Crippen molar-refractivity contribution in [2.24, 2.45) is 28.5 Å². The van der Waals surface area contributed by atoms with Crippen molar-refractivity contribution in [1.29, 1.82) is 0 Å². The minimum Gasteiger partial charge on any atom is -0.493 e. The van der Waals surface area contributed by atoms with Gasteiger partial charge in [0.15, 0.2) is 6.61 Å². The minimum absolute atomic E-state index is 0.0801. The second-order valence-corrected chi connectivity index (χ2v) is 15.2. The maximum atomic E-state index is 15.1. The van der Waals surface area contributed by atoms with Gasteiger partial charge in [-0.3, -0.25) is 24.5 Å². The van der Waals surface area contributed by atoms with Crippen molar-refractivity contribution in [3.63, 3.8) is 0 Å². The summed E-state index contributed by atoms with van der Waals surface area (Å²) in [5, 5.41) is 1.14. The number of pyridine rings is 1. The van der Waals surface area contributed by atoms with E-state index >= 15 is 4.79 Å². The number of amides is 3. The fourth-order valence-electron chi connectivity index (χ4n) is 7.27. The molecule has 3 aromatic rings. The highest BCUT2D eigenvalue weighted by atomic mass is 35.5. The van der Waals surface area contributed by atoms with E-state index in [1.807, 2.05) is 75.4 Å². The Balaban J connectivity index is 1.49. The SMILES string of the molecule is CCOc1cc(C(C)(C)C)ncc1C1=N[C@](C)(c2ccc(Cl)cc2)[C@@](C)(c2ccc(Cl)cc2)N1C(=O)N1C[C@@H]2C(C(=O)OCC(N)=O)[C@@H]2C1. The smallest absolute Gasteiger partial charge is 0.326 e. The van der Waals surface area contributed by atoms with Crippen LogP contribution in [0.4, 0.5) is 4.79 Å². The van der Waals surface area contributed by atoms with Crippen LogP contribution in [0.5, 0.6) is 5.75 Å². The number of hydrogen-bond acceptors (Lipinski definition) is 7. The van der Waals surface area contributed by atoms with E-state index in [1.54, 1.807) is 16.0 Å². The van der Waals surface area contributed by atoms with Gasteiger partial charge in [0.2, 0.25) is 0 Å². The van der Waals surface area contributed by atoms with E-state index < -0.39 is 29.6 Å². The molecular weight excluding hydrogens is 665 g/mol. The van der Waals surface area contributed by atoms with Crippen LogP contribution in [-0.4, -0.2) is 64.8 Å². The molecule has 49 heavy (non-hydrogen) atoms. The Bertz CT molecular complexity index is 1810. The Morgan fingerprint density at radius 1 is 0.959 bits per heavy atom. The number of piperidine rings is 1. The number of rotatable bonds is 8. The first-order valence-corrected chi connectivity index (χ1v) is 17.2. The summed E-state index contributed by atoms with van der Waals surface area (Å²) in [7, 11) is 0. The van der Waals surface area contributed by atoms with E-state index in [2.05, 4.69) is 20.8 Å². The van der Waals surface area contributed by atoms with Crippen LogP contribution < -0.4 is 10.5 Å². The van der Waals surface area contributed by atoms with Crippen molar-refractivity contribution in [3.05, 3.63) is 93.2 Å². The number of amidine groups is 1. The first-order chi connectivity index (χ1) is 23.1. The Morgan fingerprint density at radius 3 is 2.06 bits per heavy atom. The molecule has 0 radical (unpaired) electrons. The summed E-state index contributed by atoms with van der Waals surface area (Å²) in [4.78, 5) is 52.8. The van der Waals surface area contributed by atoms with Crippen LogP contribution in [0.3, 0.4) is 0 Å². The molecule has 10 nitrogen and oxygen atoms in total. The van der Waals surface area contributed by atoms with Crippen molar-refractivity contribution < 1.29 is 23.9 Å². The molecule has 258 valence electrons. The summed E-state index contributed by atoms with van der Waals surface area (Å²) >= 11 is 12.7. The van der Waals surface area contributed by atoms with Gasteiger partial charge in [-0.1, -0.05) is 68.2 Å². The molecule has 1 saturated heterocycles. The van der Waals surface area contributed by atoms with Gasteiger partial charge in [-0.25, -0.2) is 4.79 Å². The van der Waals surface area contributed by atoms with Crippen LogP contribution in [0, 0.1) is 17.8 Å². The Labute approximate surface area is 296 Å². The number of nitrogens with two attached hydrogens (primary N) is 1. The monoisotopic (exact) mass is 705 g/mol. The van der Waals surface area contributed by atoms with E-state index in [1.165, 1.54) is 0 Å². The maximum Gasteiger partial charge on any atom is 0.326 e. The number of primary amides is 1. The molecule has 3 heterocycles. The molecular formula is C37H41Cl2N5O5. The van der Waals surface area contributed by atoms with Gasteiger partial charge in [-0.05, 0) is 68.0 Å². The number of halogens is 2. The van der Waals surface area contributed by atoms with Crippen LogP contribution in [0.2, 0.25) is 10.0 Å². The van der Waals surface area contributed by atoms with Crippen LogP contribution >= 0.6 is 23.2 Å². The van der Waals surface area contributed by atoms with Crippen LogP contribution in [0.15, 0.2) is 65.8 Å². The number of likely N-dealkylation sites (tertiary alicyclic amines) is 1. The number of hydrogen-bond donors (Lipinski definition) is 1. The Hall–Kier alpha value is -4.15. The number of ether oxygens (including phenoxy) is 2. The number of urea groups is 1. The first kappa shape index (κ1) is 34.7. The first-order valence-electron chi connectivity index (χ1n) is 16.4. The van der Waals surface area contributed by atoms with Gasteiger partial charge in [0.1, 0.15) is 22.7 Å². The van der Waals surface area contributed by atoms with Crippen molar-refractivity contribution in [2.45, 2.75) is 58.0 Å². The van der Waals surface area contributed by atoms with Gasteiger partial charge in [0, 0.05) is 46.5 Å². The second kappa shape index (κ2) is 12.6. The van der Waals surface area contributed by atoms with Crippen LogP contribution in [0.1, 0.15) is 63.9 Å². The lowest BCUT2D eigenvalue weighted by Gasteiger charge is -2.46. The number of aromatic nitrogens is 1. The Kier molecular flexibility index (Phi) is 8.94. The number of benzene rings is 2. The zero-order chi connectivity index (χ0) is 35.5. The van der Waals surface area contributed by atoms with Gasteiger partial charge in [-0.2, -0.15) is 0 Å². The number of carbonyl (C=O) groups excluding carboxylic acids is 3. The largest absolute Gasteiger partial charge is 0.493 e. The zero-order valence-corrected chi connectivity index (χ0v) is 30.0. The molecule has 3 aliphatic rings. The molecule has 2 aromatic carbocycles. The van der Waals surface area contributed by atoms with Crippen LogP contribution in [0.25, 0.3) is 0 Å². The standard InChI is InChI=1S/C37H41Cl2N5O5/c1-7-48-28-16-29(35(2,3)4)41-17-25(28)32-42-36(5,21-8-12-23(38)13-9-21)37(6,22-10-14-24(39)15-11-22)44(32)34(47)43-18-26-27(19-43)31(26)33(46)49-20-30(40)45/h8-17,26-27,31H,7,18-20H2,1-6H3,(H2,40,45)/t26-,27+,31?,36-,37-/m1/s1. The summed E-state index contributed by atoms with van der Waals surface area (Å²) in [6.07, 6.45) is 1.74. The maximum absolute atomic E-state index is 15.1. The highest BCUT2D eigenvalue weighted by molar-refractivity contribution is 6.30. The molecule has 2 fully saturated rings. The number of carbonyl (C=O) groups is 3. The lowest BCUT2D eigenvalue weighted by molar-refractivity contribution is -0.150. The molecule has 6 rings (SSSR count). The molecule has 1 aromatic heterocycles. The van der Waals surface area contributed by atoms with E-state index in [0.29, 0.717) is 46.9 Å². The van der Waals surface area contributed by atoms with E-state index in [-0.39, 0.29) is 29.2 Å². The summed E-state index contributed by atoms with van der Waals surface area (Å²) < 4.78 is 11.3. The van der Waals surface area contributed by atoms with Crippen molar-refractivity contribution in [3.8, 4) is 5.75 Å². The topological polar surface area (TPSA) is 127 Å². The van der Waals surface area contributed by atoms with Crippen molar-refractivity contribution in [1.82, 2.24) is 14.8 Å². The average molecular weight is 707 g/mol. The molecule has 1 aliphatic carbocycles. The predicted octanol–water partition coefficient (Wildman–Crippen LogP) is 6.30. The van der Waals surface area contributed by atoms with Gasteiger partial charge < -0.3 is 20.1 Å². The van der Waals surface area contributed by atoms with Crippen molar-refractivity contribution >= 4 is 46.9 Å². The number of fused-ring (bicyclic) bond motifs is 1. The van der Waals surface area contributed by atoms with E-state index in [9.17, 15) is 9.59 Å². The predicted molar refractivity (Wildman–Crippen MR) is 188 cm³/mol.